The third-order valence-electron chi connectivity index (χ3n) is 2.72. The van der Waals surface area contributed by atoms with Crippen molar-refractivity contribution in [2.24, 2.45) is 0 Å². The molecule has 2 aromatic carbocycles. The van der Waals surface area contributed by atoms with Crippen LogP contribution in [0.4, 0.5) is 0 Å². The first-order valence-corrected chi connectivity index (χ1v) is 7.05. The van der Waals surface area contributed by atoms with Crippen LogP contribution < -0.4 is 0 Å². The van der Waals surface area contributed by atoms with E-state index in [1.807, 2.05) is 6.92 Å². The monoisotopic (exact) mass is 276 g/mol. The lowest BCUT2D eigenvalue weighted by Crippen LogP contribution is -2.04. The van der Waals surface area contributed by atoms with Gasteiger partial charge in [-0.1, -0.05) is 23.8 Å². The Balaban J connectivity index is 2.53. The summed E-state index contributed by atoms with van der Waals surface area (Å²) in [4.78, 5) is 11.0. The molecule has 0 atom stereocenters. The number of aromatic carboxylic acids is 1. The Kier molecular flexibility index (Phi) is 3.40. The summed E-state index contributed by atoms with van der Waals surface area (Å²) in [5.41, 5.74) is 0.909. The molecule has 4 nitrogen and oxygen atoms in total. The highest BCUT2D eigenvalue weighted by Crippen LogP contribution is 2.21. The standard InChI is InChI=1S/C14H12O4S/c1-10-5-7-12(8-6-10)19(17,18)13-4-2-3-11(9-13)14(15)16/h2-9H,1H3,(H,15,16). The molecule has 98 valence electrons. The molecule has 0 bridgehead atoms. The second-order valence-corrected chi connectivity index (χ2v) is 6.10. The van der Waals surface area contributed by atoms with Crippen molar-refractivity contribution in [2.75, 3.05) is 0 Å². The first-order chi connectivity index (χ1) is 8.91. The third-order valence-corrected chi connectivity index (χ3v) is 4.49. The Morgan fingerprint density at radius 3 is 2.21 bits per heavy atom. The number of carboxylic acid groups (broad SMARTS) is 1. The molecule has 0 saturated heterocycles. The number of benzene rings is 2. The molecule has 0 heterocycles. The molecule has 2 rings (SSSR count). The van der Waals surface area contributed by atoms with Gasteiger partial charge in [-0.2, -0.15) is 0 Å². The fraction of sp³-hybridized carbons (Fsp3) is 0.0714. The van der Waals surface area contributed by atoms with Gasteiger partial charge in [-0.05, 0) is 37.3 Å². The predicted molar refractivity (Wildman–Crippen MR) is 70.0 cm³/mol. The molecule has 2 aromatic rings. The van der Waals surface area contributed by atoms with Gasteiger partial charge in [-0.3, -0.25) is 0 Å². The minimum Gasteiger partial charge on any atom is -0.478 e. The smallest absolute Gasteiger partial charge is 0.335 e. The molecular weight excluding hydrogens is 264 g/mol. The molecule has 19 heavy (non-hydrogen) atoms. The van der Waals surface area contributed by atoms with Crippen LogP contribution in [0, 0.1) is 6.92 Å². The van der Waals surface area contributed by atoms with Gasteiger partial charge in [-0.15, -0.1) is 0 Å². The summed E-state index contributed by atoms with van der Waals surface area (Å²) in [6, 6.07) is 11.8. The molecule has 0 amide bonds. The zero-order valence-corrected chi connectivity index (χ0v) is 11.0. The molecule has 0 aliphatic carbocycles. The van der Waals surface area contributed by atoms with Crippen molar-refractivity contribution < 1.29 is 18.3 Å². The lowest BCUT2D eigenvalue weighted by atomic mass is 10.2. The first-order valence-electron chi connectivity index (χ1n) is 5.56. The van der Waals surface area contributed by atoms with Gasteiger partial charge in [0.25, 0.3) is 0 Å². The quantitative estimate of drug-likeness (QED) is 0.935. The van der Waals surface area contributed by atoms with Crippen molar-refractivity contribution in [3.05, 3.63) is 59.7 Å². The number of aryl methyl sites for hydroxylation is 1. The van der Waals surface area contributed by atoms with Crippen molar-refractivity contribution in [1.82, 2.24) is 0 Å². The maximum absolute atomic E-state index is 12.3. The highest BCUT2D eigenvalue weighted by molar-refractivity contribution is 7.91. The average Bonchev–Trinajstić information content (AvgIpc) is 2.39. The molecule has 0 spiro atoms. The molecule has 0 radical (unpaired) electrons. The van der Waals surface area contributed by atoms with Gasteiger partial charge >= 0.3 is 5.97 Å². The predicted octanol–water partition coefficient (Wildman–Crippen LogP) is 2.53. The largest absolute Gasteiger partial charge is 0.478 e. The van der Waals surface area contributed by atoms with E-state index in [4.69, 9.17) is 5.11 Å². The van der Waals surface area contributed by atoms with E-state index in [1.165, 1.54) is 30.3 Å². The highest BCUT2D eigenvalue weighted by Gasteiger charge is 2.18. The minimum atomic E-state index is -3.68. The Labute approximate surface area is 111 Å². The maximum Gasteiger partial charge on any atom is 0.335 e. The Morgan fingerprint density at radius 2 is 1.63 bits per heavy atom. The number of carboxylic acids is 1. The average molecular weight is 276 g/mol. The molecule has 0 aliphatic rings. The molecule has 1 N–H and O–H groups in total. The maximum atomic E-state index is 12.3. The van der Waals surface area contributed by atoms with Crippen LogP contribution in [0.5, 0.6) is 0 Å². The van der Waals surface area contributed by atoms with E-state index in [9.17, 15) is 13.2 Å². The van der Waals surface area contributed by atoms with Crippen molar-refractivity contribution in [3.63, 3.8) is 0 Å². The number of sulfone groups is 1. The fourth-order valence-electron chi connectivity index (χ4n) is 1.65. The summed E-state index contributed by atoms with van der Waals surface area (Å²) in [7, 11) is -3.68. The molecule has 5 heteroatoms. The lowest BCUT2D eigenvalue weighted by Gasteiger charge is -2.05. The highest BCUT2D eigenvalue weighted by atomic mass is 32.2. The Bertz CT molecular complexity index is 715. The second-order valence-electron chi connectivity index (χ2n) is 4.15. The minimum absolute atomic E-state index is 0.0174. The van der Waals surface area contributed by atoms with Crippen molar-refractivity contribution >= 4 is 15.8 Å². The van der Waals surface area contributed by atoms with E-state index < -0.39 is 15.8 Å². The zero-order valence-electron chi connectivity index (χ0n) is 10.2. The van der Waals surface area contributed by atoms with Gasteiger partial charge in [0.2, 0.25) is 9.84 Å². The van der Waals surface area contributed by atoms with Crippen LogP contribution in [0.1, 0.15) is 15.9 Å². The van der Waals surface area contributed by atoms with E-state index in [0.29, 0.717) is 0 Å². The molecule has 0 unspecified atom stereocenters. The van der Waals surface area contributed by atoms with Crippen LogP contribution in [0.3, 0.4) is 0 Å². The van der Waals surface area contributed by atoms with E-state index in [0.717, 1.165) is 11.6 Å². The van der Waals surface area contributed by atoms with E-state index in [1.54, 1.807) is 12.1 Å². The van der Waals surface area contributed by atoms with Crippen LogP contribution in [0.25, 0.3) is 0 Å². The molecule has 0 aliphatic heterocycles. The molecule has 0 saturated carbocycles. The summed E-state index contributed by atoms with van der Waals surface area (Å²) < 4.78 is 24.7. The van der Waals surface area contributed by atoms with Crippen molar-refractivity contribution in [2.45, 2.75) is 16.7 Å². The van der Waals surface area contributed by atoms with E-state index in [-0.39, 0.29) is 15.4 Å². The first kappa shape index (κ1) is 13.3. The summed E-state index contributed by atoms with van der Waals surface area (Å²) >= 11 is 0. The van der Waals surface area contributed by atoms with Gasteiger partial charge < -0.3 is 5.11 Å². The van der Waals surface area contributed by atoms with Crippen LogP contribution >= 0.6 is 0 Å². The normalized spacial score (nSPS) is 11.2. The summed E-state index contributed by atoms with van der Waals surface area (Å²) in [6.07, 6.45) is 0. The van der Waals surface area contributed by atoms with Gasteiger partial charge in [0, 0.05) is 0 Å². The van der Waals surface area contributed by atoms with Crippen molar-refractivity contribution in [3.8, 4) is 0 Å². The summed E-state index contributed by atoms with van der Waals surface area (Å²) in [5, 5.41) is 8.89. The van der Waals surface area contributed by atoms with Crippen LogP contribution in [-0.2, 0) is 9.84 Å². The van der Waals surface area contributed by atoms with E-state index in [2.05, 4.69) is 0 Å². The van der Waals surface area contributed by atoms with E-state index >= 15 is 0 Å². The van der Waals surface area contributed by atoms with Gasteiger partial charge in [-0.25, -0.2) is 13.2 Å². The lowest BCUT2D eigenvalue weighted by molar-refractivity contribution is 0.0696. The Hall–Kier alpha value is -2.14. The van der Waals surface area contributed by atoms with Crippen LogP contribution in [-0.4, -0.2) is 19.5 Å². The van der Waals surface area contributed by atoms with Crippen LogP contribution in [0.2, 0.25) is 0 Å². The van der Waals surface area contributed by atoms with Gasteiger partial charge in [0.1, 0.15) is 0 Å². The molecule has 0 aromatic heterocycles. The Morgan fingerprint density at radius 1 is 1.00 bits per heavy atom. The number of rotatable bonds is 3. The zero-order chi connectivity index (χ0) is 14.0. The fourth-order valence-corrected chi connectivity index (χ4v) is 2.96. The number of hydrogen-bond acceptors (Lipinski definition) is 3. The summed E-state index contributed by atoms with van der Waals surface area (Å²) in [5.74, 6) is -1.15. The van der Waals surface area contributed by atoms with Gasteiger partial charge in [0.05, 0.1) is 15.4 Å². The topological polar surface area (TPSA) is 71.4 Å². The van der Waals surface area contributed by atoms with Crippen molar-refractivity contribution in [1.29, 1.82) is 0 Å². The van der Waals surface area contributed by atoms with Crippen LogP contribution in [0.15, 0.2) is 58.3 Å². The summed E-state index contributed by atoms with van der Waals surface area (Å²) in [6.45, 7) is 1.86. The number of hydrogen-bond donors (Lipinski definition) is 1. The number of carbonyl (C=O) groups is 1. The molecule has 0 fully saturated rings. The SMILES string of the molecule is Cc1ccc(S(=O)(=O)c2cccc(C(=O)O)c2)cc1. The second kappa shape index (κ2) is 4.85. The molecular formula is C14H12O4S. The third kappa shape index (κ3) is 2.66. The van der Waals surface area contributed by atoms with Gasteiger partial charge in [0.15, 0.2) is 0 Å².